The van der Waals surface area contributed by atoms with Crippen molar-refractivity contribution in [2.24, 2.45) is 0 Å². The molecule has 0 aliphatic heterocycles. The molecule has 4 rings (SSSR count). The first-order valence-electron chi connectivity index (χ1n) is 14.4. The third-order valence-corrected chi connectivity index (χ3v) is 7.68. The van der Waals surface area contributed by atoms with Gasteiger partial charge in [0.2, 0.25) is 11.1 Å². The molecule has 0 aliphatic rings. The number of hydrogen-bond acceptors (Lipinski definition) is 10. The maximum Gasteiger partial charge on any atom is 0.416 e. The number of rotatable bonds is 13. The summed E-state index contributed by atoms with van der Waals surface area (Å²) in [6, 6.07) is 3.30. The first-order valence-corrected chi connectivity index (χ1v) is 15.9. The van der Waals surface area contributed by atoms with Gasteiger partial charge in [0.15, 0.2) is 11.5 Å². The second-order valence-corrected chi connectivity index (χ2v) is 12.0. The highest BCUT2D eigenvalue weighted by Crippen LogP contribution is 2.39. The van der Waals surface area contributed by atoms with E-state index < -0.39 is 70.6 Å². The zero-order valence-electron chi connectivity index (χ0n) is 26.3. The monoisotopic (exact) mass is 750 g/mol. The standard InChI is InChI=1S/C31H26F9N5O5S/c1-49-24-14-43-28(51(2)48)44-26(24)23-6-5-19(29(32,33)34)10-18(23)16-45(27-41-12-22(13-42-27)50-7-3-4-25(46)47)15-17-8-20(30(35,36)37)11-21(9-17)31(38,39)40/h5-6,8-14H,3-4,7,15-16H2,1-2H3,(H,46,47)/p-1. The summed E-state index contributed by atoms with van der Waals surface area (Å²) in [4.78, 5) is 27.9. The van der Waals surface area contributed by atoms with Crippen molar-refractivity contribution >= 4 is 22.7 Å². The molecule has 0 bridgehead atoms. The summed E-state index contributed by atoms with van der Waals surface area (Å²) in [6.07, 6.45) is -11.0. The smallest absolute Gasteiger partial charge is 0.416 e. The molecule has 1 atom stereocenters. The molecule has 0 amide bonds. The number of methoxy groups -OCH3 is 1. The normalized spacial score (nSPS) is 12.8. The van der Waals surface area contributed by atoms with Crippen LogP contribution < -0.4 is 19.5 Å². The SMILES string of the molecule is COc1cnc(S(C)=O)nc1-c1ccc(C(F)(F)F)cc1CN(Cc1cc(C(F)(F)F)cc(C(F)(F)F)c1)c1ncc(OCCCC(=O)[O-])cn1. The van der Waals surface area contributed by atoms with E-state index in [0.29, 0.717) is 18.2 Å². The highest BCUT2D eigenvalue weighted by atomic mass is 32.2. The van der Waals surface area contributed by atoms with E-state index in [4.69, 9.17) is 9.47 Å². The predicted octanol–water partition coefficient (Wildman–Crippen LogP) is 5.85. The van der Waals surface area contributed by atoms with Crippen LogP contribution in [0.5, 0.6) is 11.5 Å². The van der Waals surface area contributed by atoms with Crippen LogP contribution in [0.25, 0.3) is 11.3 Å². The Bertz CT molecular complexity index is 1860. The summed E-state index contributed by atoms with van der Waals surface area (Å²) < 4.78 is 147. The summed E-state index contributed by atoms with van der Waals surface area (Å²) in [5.41, 5.74) is -5.30. The Balaban J connectivity index is 1.88. The van der Waals surface area contributed by atoms with Crippen LogP contribution in [-0.2, 0) is 47.2 Å². The largest absolute Gasteiger partial charge is 0.550 e. The lowest BCUT2D eigenvalue weighted by molar-refractivity contribution is -0.305. The topological polar surface area (TPSA) is 130 Å². The second kappa shape index (κ2) is 15.5. The van der Waals surface area contributed by atoms with E-state index in [1.54, 1.807) is 0 Å². The van der Waals surface area contributed by atoms with Crippen molar-refractivity contribution in [2.75, 3.05) is 24.9 Å². The Morgan fingerprint density at radius 1 is 0.843 bits per heavy atom. The second-order valence-electron chi connectivity index (χ2n) is 10.7. The number of carboxylic acid groups (broad SMARTS) is 1. The molecule has 0 N–H and O–H groups in total. The van der Waals surface area contributed by atoms with Crippen LogP contribution in [0.15, 0.2) is 60.1 Å². The molecule has 0 spiro atoms. The molecule has 0 fully saturated rings. The van der Waals surface area contributed by atoms with E-state index in [9.17, 15) is 53.6 Å². The van der Waals surface area contributed by atoms with E-state index in [1.165, 1.54) is 13.4 Å². The van der Waals surface area contributed by atoms with Gasteiger partial charge in [-0.25, -0.2) is 19.9 Å². The number of anilines is 1. The predicted molar refractivity (Wildman–Crippen MR) is 159 cm³/mol. The van der Waals surface area contributed by atoms with Crippen molar-refractivity contribution < 1.29 is 63.1 Å². The van der Waals surface area contributed by atoms with Crippen molar-refractivity contribution in [2.45, 2.75) is 49.6 Å². The first-order chi connectivity index (χ1) is 23.8. The number of hydrogen-bond donors (Lipinski definition) is 0. The van der Waals surface area contributed by atoms with Crippen molar-refractivity contribution in [3.63, 3.8) is 0 Å². The number of nitrogens with zero attached hydrogens (tertiary/aromatic N) is 5. The Labute approximate surface area is 285 Å². The summed E-state index contributed by atoms with van der Waals surface area (Å²) in [5.74, 6) is -1.73. The number of ether oxygens (including phenoxy) is 2. The number of aromatic nitrogens is 4. The molecule has 4 aromatic rings. The van der Waals surface area contributed by atoms with E-state index >= 15 is 0 Å². The highest BCUT2D eigenvalue weighted by molar-refractivity contribution is 7.84. The Hall–Kier alpha value is -5.01. The van der Waals surface area contributed by atoms with Crippen molar-refractivity contribution in [1.82, 2.24) is 19.9 Å². The Morgan fingerprint density at radius 3 is 1.98 bits per heavy atom. The molecule has 2 aromatic carbocycles. The average molecular weight is 751 g/mol. The number of carbonyl (C=O) groups is 1. The zero-order valence-corrected chi connectivity index (χ0v) is 27.1. The zero-order chi connectivity index (χ0) is 37.7. The lowest BCUT2D eigenvalue weighted by atomic mass is 9.99. The van der Waals surface area contributed by atoms with Crippen LogP contribution in [0, 0.1) is 0 Å². The lowest BCUT2D eigenvalue weighted by Gasteiger charge is -2.26. The third kappa shape index (κ3) is 10.3. The minimum Gasteiger partial charge on any atom is -0.550 e. The minimum absolute atomic E-state index is 0.000972. The molecule has 10 nitrogen and oxygen atoms in total. The van der Waals surface area contributed by atoms with E-state index in [0.717, 1.165) is 35.6 Å². The molecule has 51 heavy (non-hydrogen) atoms. The maximum atomic E-state index is 14.0. The molecule has 274 valence electrons. The average Bonchev–Trinajstić information content (AvgIpc) is 3.05. The van der Waals surface area contributed by atoms with Gasteiger partial charge in [-0.2, -0.15) is 39.5 Å². The fourth-order valence-electron chi connectivity index (χ4n) is 4.65. The summed E-state index contributed by atoms with van der Waals surface area (Å²) in [6.45, 7) is -1.54. The molecule has 2 aromatic heterocycles. The number of aliphatic carboxylic acids is 1. The Kier molecular flexibility index (Phi) is 11.8. The van der Waals surface area contributed by atoms with E-state index in [-0.39, 0.29) is 64.9 Å². The number of benzene rings is 2. The Morgan fingerprint density at radius 2 is 1.45 bits per heavy atom. The van der Waals surface area contributed by atoms with Gasteiger partial charge in [-0.1, -0.05) is 6.07 Å². The minimum atomic E-state index is -5.19. The van der Waals surface area contributed by atoms with E-state index in [2.05, 4.69) is 19.9 Å². The summed E-state index contributed by atoms with van der Waals surface area (Å²) in [7, 11) is -0.548. The van der Waals surface area contributed by atoms with Gasteiger partial charge >= 0.3 is 18.5 Å². The summed E-state index contributed by atoms with van der Waals surface area (Å²) >= 11 is 0. The van der Waals surface area contributed by atoms with Crippen LogP contribution in [0.1, 0.15) is 40.7 Å². The van der Waals surface area contributed by atoms with Crippen LogP contribution in [0.3, 0.4) is 0 Å². The van der Waals surface area contributed by atoms with Gasteiger partial charge in [-0.15, -0.1) is 0 Å². The molecule has 2 heterocycles. The van der Waals surface area contributed by atoms with Crippen LogP contribution in [-0.4, -0.2) is 50.1 Å². The first kappa shape index (κ1) is 38.8. The number of alkyl halides is 9. The lowest BCUT2D eigenvalue weighted by Crippen LogP contribution is -2.26. The quantitative estimate of drug-likeness (QED) is 0.0932. The van der Waals surface area contributed by atoms with Gasteiger partial charge in [0.05, 0.1) is 59.8 Å². The van der Waals surface area contributed by atoms with Crippen LogP contribution in [0.4, 0.5) is 45.5 Å². The highest BCUT2D eigenvalue weighted by Gasteiger charge is 2.37. The molecule has 20 heteroatoms. The van der Waals surface area contributed by atoms with Gasteiger partial charge in [-0.3, -0.25) is 4.21 Å². The van der Waals surface area contributed by atoms with Crippen molar-refractivity contribution in [3.05, 3.63) is 82.8 Å². The van der Waals surface area contributed by atoms with Gasteiger partial charge in [0.1, 0.15) is 5.69 Å². The van der Waals surface area contributed by atoms with Crippen LogP contribution >= 0.6 is 0 Å². The molecular weight excluding hydrogens is 725 g/mol. The molecule has 0 aliphatic carbocycles. The van der Waals surface area contributed by atoms with Crippen molar-refractivity contribution in [3.8, 4) is 22.8 Å². The maximum absolute atomic E-state index is 14.0. The number of halogens is 9. The fourth-order valence-corrected chi connectivity index (χ4v) is 5.08. The fraction of sp³-hybridized carbons (Fsp3) is 0.323. The molecule has 0 radical (unpaired) electrons. The van der Waals surface area contributed by atoms with Gasteiger partial charge in [0, 0.05) is 30.9 Å². The molecular formula is C31H25F9N5O5S-. The van der Waals surface area contributed by atoms with Gasteiger partial charge < -0.3 is 24.3 Å². The number of carboxylic acids is 1. The van der Waals surface area contributed by atoms with Crippen LogP contribution in [0.2, 0.25) is 0 Å². The molecule has 0 saturated carbocycles. The molecule has 1 unspecified atom stereocenters. The van der Waals surface area contributed by atoms with Gasteiger partial charge in [-0.05, 0) is 54.3 Å². The third-order valence-electron chi connectivity index (χ3n) is 6.97. The van der Waals surface area contributed by atoms with E-state index in [1.807, 2.05) is 0 Å². The molecule has 0 saturated heterocycles. The number of carbonyl (C=O) groups excluding carboxylic acids is 1. The summed E-state index contributed by atoms with van der Waals surface area (Å²) in [5, 5.41) is 10.4. The van der Waals surface area contributed by atoms with Gasteiger partial charge in [0.25, 0.3) is 0 Å². The van der Waals surface area contributed by atoms with Crippen molar-refractivity contribution in [1.29, 1.82) is 0 Å².